The van der Waals surface area contributed by atoms with Crippen molar-refractivity contribution in [1.82, 2.24) is 4.98 Å². The molecule has 5 heteroatoms. The second-order valence-electron chi connectivity index (χ2n) is 5.12. The van der Waals surface area contributed by atoms with E-state index in [2.05, 4.69) is 35.3 Å². The average Bonchev–Trinajstić information content (AvgIpc) is 3.00. The number of benzene rings is 2. The number of hydrogen-bond acceptors (Lipinski definition) is 2. The normalized spacial score (nSPS) is 15.0. The summed E-state index contributed by atoms with van der Waals surface area (Å²) in [6.07, 6.45) is 4.30. The summed E-state index contributed by atoms with van der Waals surface area (Å²) in [5.74, 6) is 0.412. The molecular formula is C18H13Cl2NOZr. The Bertz CT molecular complexity index is 867. The van der Waals surface area contributed by atoms with Gasteiger partial charge in [0.25, 0.3) is 0 Å². The summed E-state index contributed by atoms with van der Waals surface area (Å²) in [5, 5.41) is 10.9. The van der Waals surface area contributed by atoms with E-state index in [9.17, 15) is 5.11 Å². The van der Waals surface area contributed by atoms with E-state index >= 15 is 0 Å². The van der Waals surface area contributed by atoms with Crippen molar-refractivity contribution in [2.75, 3.05) is 0 Å². The van der Waals surface area contributed by atoms with Crippen LogP contribution in [0.15, 0.2) is 60.7 Å². The maximum absolute atomic E-state index is 9.95. The summed E-state index contributed by atoms with van der Waals surface area (Å²) in [6.45, 7) is 0. The number of rotatable bonds is 1. The van der Waals surface area contributed by atoms with Crippen LogP contribution >= 0.6 is 17.0 Å². The van der Waals surface area contributed by atoms with Crippen molar-refractivity contribution < 1.29 is 26.0 Å². The topological polar surface area (TPSA) is 33.1 Å². The number of para-hydroxylation sites is 1. The molecule has 0 radical (unpaired) electrons. The van der Waals surface area contributed by atoms with Crippen molar-refractivity contribution in [3.05, 3.63) is 77.5 Å². The van der Waals surface area contributed by atoms with E-state index in [0.717, 1.165) is 11.1 Å². The molecule has 1 aliphatic rings. The fourth-order valence-electron chi connectivity index (χ4n) is 2.83. The molecule has 0 saturated heterocycles. The minimum absolute atomic E-state index is 0.176. The average molecular weight is 421 g/mol. The summed E-state index contributed by atoms with van der Waals surface area (Å²) in [4.78, 5) is 4.65. The van der Waals surface area contributed by atoms with E-state index in [0.29, 0.717) is 5.52 Å². The van der Waals surface area contributed by atoms with E-state index in [1.165, 1.54) is 11.1 Å². The molecule has 1 atom stereocenters. The van der Waals surface area contributed by atoms with Gasteiger partial charge in [0.1, 0.15) is 11.3 Å². The van der Waals surface area contributed by atoms with Crippen LogP contribution in [0.3, 0.4) is 0 Å². The Morgan fingerprint density at radius 2 is 1.74 bits per heavy atom. The first kappa shape index (κ1) is 16.7. The van der Waals surface area contributed by atoms with Gasteiger partial charge in [-0.15, -0.1) is 0 Å². The molecule has 1 aliphatic carbocycles. The minimum atomic E-state index is -0.826. The number of allylic oxidation sites excluding steroid dienone is 1. The fourth-order valence-corrected chi connectivity index (χ4v) is 2.83. The molecule has 0 fully saturated rings. The van der Waals surface area contributed by atoms with E-state index in [1.807, 2.05) is 30.3 Å². The van der Waals surface area contributed by atoms with Crippen molar-refractivity contribution in [2.24, 2.45) is 0 Å². The molecule has 1 aromatic heterocycles. The van der Waals surface area contributed by atoms with Crippen LogP contribution in [0.1, 0.15) is 22.7 Å². The van der Waals surface area contributed by atoms with Gasteiger partial charge in [0, 0.05) is 11.3 Å². The maximum atomic E-state index is 9.95. The molecule has 2 aromatic carbocycles. The molecule has 0 spiro atoms. The predicted molar refractivity (Wildman–Crippen MR) is 92.4 cm³/mol. The van der Waals surface area contributed by atoms with Gasteiger partial charge in [0.05, 0.1) is 5.69 Å². The number of halogens is 2. The number of fused-ring (bicyclic) bond motifs is 2. The van der Waals surface area contributed by atoms with Crippen LogP contribution in [0.5, 0.6) is 5.75 Å². The van der Waals surface area contributed by atoms with Gasteiger partial charge in [-0.25, -0.2) is 4.98 Å². The molecule has 3 aromatic rings. The summed E-state index contributed by atoms with van der Waals surface area (Å²) in [6, 6.07) is 17.9. The molecule has 0 amide bonds. The number of aromatic nitrogens is 1. The molecular weight excluding hydrogens is 408 g/mol. The first-order valence-corrected chi connectivity index (χ1v) is 13.4. The first-order chi connectivity index (χ1) is 11.2. The van der Waals surface area contributed by atoms with Gasteiger partial charge in [-0.3, -0.25) is 0 Å². The summed E-state index contributed by atoms with van der Waals surface area (Å²) in [5.41, 5.74) is 4.16. The number of nitrogens with zero attached hydrogens (tertiary/aromatic N) is 1. The van der Waals surface area contributed by atoms with Gasteiger partial charge in [-0.2, -0.15) is 0 Å². The zero-order valence-electron chi connectivity index (χ0n) is 12.1. The second kappa shape index (κ2) is 7.62. The Labute approximate surface area is 153 Å². The van der Waals surface area contributed by atoms with Crippen LogP contribution in [0.4, 0.5) is 0 Å². The van der Waals surface area contributed by atoms with Gasteiger partial charge in [0.2, 0.25) is 0 Å². The van der Waals surface area contributed by atoms with Crippen LogP contribution < -0.4 is 0 Å². The SMILES string of the molecule is Oc1cccc2ccc(C3C=Cc4ccccc43)nc12.[Cl][Zr][Cl]. The van der Waals surface area contributed by atoms with E-state index in [1.54, 1.807) is 6.07 Å². The second-order valence-corrected chi connectivity index (χ2v) is 8.85. The Morgan fingerprint density at radius 3 is 2.57 bits per heavy atom. The molecule has 1 N–H and O–H groups in total. The Morgan fingerprint density at radius 1 is 0.957 bits per heavy atom. The van der Waals surface area contributed by atoms with Crippen LogP contribution in [0.2, 0.25) is 0 Å². The zero-order valence-corrected chi connectivity index (χ0v) is 16.0. The molecule has 0 bridgehead atoms. The van der Waals surface area contributed by atoms with Crippen molar-refractivity contribution in [1.29, 1.82) is 0 Å². The van der Waals surface area contributed by atoms with Crippen molar-refractivity contribution in [3.8, 4) is 5.75 Å². The van der Waals surface area contributed by atoms with E-state index in [-0.39, 0.29) is 11.7 Å². The third-order valence-electron chi connectivity index (χ3n) is 3.84. The Hall–Kier alpha value is -1.15. The molecule has 114 valence electrons. The third kappa shape index (κ3) is 3.53. The molecule has 2 nitrogen and oxygen atoms in total. The Kier molecular flexibility index (Phi) is 5.53. The number of phenolic OH excluding ortho intramolecular Hbond substituents is 1. The molecule has 4 rings (SSSR count). The molecule has 0 aliphatic heterocycles. The van der Waals surface area contributed by atoms with Crippen LogP contribution in [0, 0.1) is 0 Å². The number of phenols is 1. The zero-order chi connectivity index (χ0) is 16.2. The molecule has 0 saturated carbocycles. The quantitative estimate of drug-likeness (QED) is 0.565. The molecule has 23 heavy (non-hydrogen) atoms. The van der Waals surface area contributed by atoms with Gasteiger partial charge in [-0.05, 0) is 23.3 Å². The standard InChI is InChI=1S/C18H13NO.2ClH.Zr/c20-17-7-3-5-13-9-11-16(19-18(13)17)15-10-8-12-4-1-2-6-14(12)15;;;/h1-11,15,20H;2*1H;/q;;;+2/p-2. The monoisotopic (exact) mass is 419 g/mol. The number of aromatic hydroxyl groups is 1. The van der Waals surface area contributed by atoms with Crippen molar-refractivity contribution in [2.45, 2.75) is 5.92 Å². The molecule has 1 heterocycles. The van der Waals surface area contributed by atoms with Gasteiger partial charge in [-0.1, -0.05) is 54.6 Å². The van der Waals surface area contributed by atoms with Gasteiger partial charge >= 0.3 is 37.9 Å². The first-order valence-electron chi connectivity index (χ1n) is 7.06. The van der Waals surface area contributed by atoms with Gasteiger partial charge in [0.15, 0.2) is 0 Å². The van der Waals surface area contributed by atoms with E-state index in [4.69, 9.17) is 17.0 Å². The fraction of sp³-hybridized carbons (Fsp3) is 0.0556. The summed E-state index contributed by atoms with van der Waals surface area (Å²) < 4.78 is 0. The van der Waals surface area contributed by atoms with E-state index < -0.39 is 20.8 Å². The predicted octanol–water partition coefficient (Wildman–Crippen LogP) is 5.48. The van der Waals surface area contributed by atoms with Crippen molar-refractivity contribution >= 4 is 34.0 Å². The van der Waals surface area contributed by atoms with Crippen molar-refractivity contribution in [3.63, 3.8) is 0 Å². The third-order valence-corrected chi connectivity index (χ3v) is 3.84. The summed E-state index contributed by atoms with van der Waals surface area (Å²) >= 11 is -0.826. The van der Waals surface area contributed by atoms with Crippen LogP contribution in [-0.4, -0.2) is 10.1 Å². The van der Waals surface area contributed by atoms with Gasteiger partial charge < -0.3 is 5.11 Å². The number of pyridine rings is 1. The van der Waals surface area contributed by atoms with Crippen LogP contribution in [0.25, 0.3) is 17.0 Å². The number of hydrogen-bond donors (Lipinski definition) is 1. The molecule has 1 unspecified atom stereocenters. The summed E-state index contributed by atoms with van der Waals surface area (Å²) in [7, 11) is 9.87. The Balaban J connectivity index is 0.000000485. The van der Waals surface area contributed by atoms with Crippen LogP contribution in [-0.2, 0) is 20.8 Å².